The molecule has 16 heavy (non-hydrogen) atoms. The molecule has 0 aliphatic rings. The van der Waals surface area contributed by atoms with Gasteiger partial charge in [-0.15, -0.1) is 0 Å². The maximum atomic E-state index is 10.8. The number of ether oxygens (including phenoxy) is 1. The van der Waals surface area contributed by atoms with Crippen LogP contribution >= 0.6 is 0 Å². The summed E-state index contributed by atoms with van der Waals surface area (Å²) >= 11 is 0. The molecular formula is C11H17NO3S. The van der Waals surface area contributed by atoms with Crippen molar-refractivity contribution in [1.29, 1.82) is 0 Å². The summed E-state index contributed by atoms with van der Waals surface area (Å²) in [6, 6.07) is 7.75. The van der Waals surface area contributed by atoms with E-state index in [1.54, 1.807) is 0 Å². The summed E-state index contributed by atoms with van der Waals surface area (Å²) in [7, 11) is -3.12. The first kappa shape index (κ1) is 13.0. The molecule has 0 atom stereocenters. The van der Waals surface area contributed by atoms with Crippen molar-refractivity contribution >= 4 is 10.0 Å². The number of aryl methyl sites for hydroxylation is 1. The highest BCUT2D eigenvalue weighted by molar-refractivity contribution is 7.88. The van der Waals surface area contributed by atoms with E-state index in [0.29, 0.717) is 6.61 Å². The summed E-state index contributed by atoms with van der Waals surface area (Å²) in [5, 5.41) is 0. The Hall–Kier alpha value is -1.07. The summed E-state index contributed by atoms with van der Waals surface area (Å²) in [6.45, 7) is 2.68. The van der Waals surface area contributed by atoms with E-state index in [2.05, 4.69) is 11.6 Å². The number of para-hydroxylation sites is 1. The molecule has 0 aromatic heterocycles. The van der Waals surface area contributed by atoms with Crippen molar-refractivity contribution in [1.82, 2.24) is 4.72 Å². The standard InChI is InChI=1S/C11H17NO3S/c1-3-10-6-4-5-7-11(10)15-9-8-12-16(2,13)14/h4-7,12H,3,8-9H2,1-2H3. The second-order valence-corrected chi connectivity index (χ2v) is 5.31. The van der Waals surface area contributed by atoms with Crippen LogP contribution in [0.4, 0.5) is 0 Å². The second kappa shape index (κ2) is 5.86. The molecule has 90 valence electrons. The minimum atomic E-state index is -3.12. The molecule has 1 aromatic carbocycles. The highest BCUT2D eigenvalue weighted by Gasteiger charge is 2.02. The van der Waals surface area contributed by atoms with E-state index in [1.165, 1.54) is 0 Å². The number of benzene rings is 1. The molecular weight excluding hydrogens is 226 g/mol. The Labute approximate surface area is 96.7 Å². The van der Waals surface area contributed by atoms with Gasteiger partial charge in [-0.25, -0.2) is 13.1 Å². The van der Waals surface area contributed by atoms with E-state index < -0.39 is 10.0 Å². The minimum absolute atomic E-state index is 0.289. The lowest BCUT2D eigenvalue weighted by Gasteiger charge is -2.10. The number of rotatable bonds is 6. The van der Waals surface area contributed by atoms with E-state index in [1.807, 2.05) is 24.3 Å². The van der Waals surface area contributed by atoms with Crippen LogP contribution in [0.3, 0.4) is 0 Å². The van der Waals surface area contributed by atoms with Gasteiger partial charge in [-0.05, 0) is 18.1 Å². The van der Waals surface area contributed by atoms with Gasteiger partial charge >= 0.3 is 0 Å². The van der Waals surface area contributed by atoms with Crippen LogP contribution in [0.25, 0.3) is 0 Å². The number of sulfonamides is 1. The van der Waals surface area contributed by atoms with E-state index in [9.17, 15) is 8.42 Å². The van der Waals surface area contributed by atoms with Gasteiger partial charge in [0.15, 0.2) is 0 Å². The molecule has 1 rings (SSSR count). The van der Waals surface area contributed by atoms with E-state index in [4.69, 9.17) is 4.74 Å². The third kappa shape index (κ3) is 4.63. The minimum Gasteiger partial charge on any atom is -0.492 e. The molecule has 1 aromatic rings. The Kier molecular flexibility index (Phi) is 4.76. The Morgan fingerprint density at radius 1 is 1.31 bits per heavy atom. The Morgan fingerprint density at radius 3 is 2.62 bits per heavy atom. The van der Waals surface area contributed by atoms with Crippen molar-refractivity contribution < 1.29 is 13.2 Å². The number of hydrogen-bond acceptors (Lipinski definition) is 3. The van der Waals surface area contributed by atoms with Crippen LogP contribution in [-0.4, -0.2) is 27.8 Å². The molecule has 0 heterocycles. The largest absolute Gasteiger partial charge is 0.492 e. The fourth-order valence-electron chi connectivity index (χ4n) is 1.32. The number of nitrogens with one attached hydrogen (secondary N) is 1. The van der Waals surface area contributed by atoms with Gasteiger partial charge < -0.3 is 4.74 Å². The highest BCUT2D eigenvalue weighted by Crippen LogP contribution is 2.17. The Bertz CT molecular complexity index is 429. The summed E-state index contributed by atoms with van der Waals surface area (Å²) in [5.41, 5.74) is 1.13. The van der Waals surface area contributed by atoms with Gasteiger partial charge in [0.1, 0.15) is 12.4 Å². The van der Waals surface area contributed by atoms with E-state index >= 15 is 0 Å². The summed E-state index contributed by atoms with van der Waals surface area (Å²) in [6.07, 6.45) is 2.03. The van der Waals surface area contributed by atoms with Crippen LogP contribution in [-0.2, 0) is 16.4 Å². The van der Waals surface area contributed by atoms with Crippen LogP contribution in [0.1, 0.15) is 12.5 Å². The molecule has 0 bridgehead atoms. The quantitative estimate of drug-likeness (QED) is 0.763. The lowest BCUT2D eigenvalue weighted by Crippen LogP contribution is -2.27. The van der Waals surface area contributed by atoms with Gasteiger partial charge in [0.25, 0.3) is 0 Å². The van der Waals surface area contributed by atoms with Crippen LogP contribution < -0.4 is 9.46 Å². The van der Waals surface area contributed by atoms with Gasteiger partial charge in [0.2, 0.25) is 10.0 Å². The first-order valence-corrected chi connectivity index (χ1v) is 7.07. The Balaban J connectivity index is 2.43. The lowest BCUT2D eigenvalue weighted by atomic mass is 10.1. The SMILES string of the molecule is CCc1ccccc1OCCNS(C)(=O)=O. The predicted molar refractivity (Wildman–Crippen MR) is 64.2 cm³/mol. The average Bonchev–Trinajstić information content (AvgIpc) is 2.23. The normalized spacial score (nSPS) is 11.4. The number of hydrogen-bond donors (Lipinski definition) is 1. The fourth-order valence-corrected chi connectivity index (χ4v) is 1.78. The van der Waals surface area contributed by atoms with Gasteiger partial charge in [-0.3, -0.25) is 0 Å². The molecule has 4 nitrogen and oxygen atoms in total. The molecule has 0 amide bonds. The zero-order valence-corrected chi connectivity index (χ0v) is 10.4. The van der Waals surface area contributed by atoms with Crippen molar-refractivity contribution in [3.8, 4) is 5.75 Å². The maximum Gasteiger partial charge on any atom is 0.208 e. The molecule has 5 heteroatoms. The summed E-state index contributed by atoms with van der Waals surface area (Å²) in [4.78, 5) is 0. The molecule has 0 unspecified atom stereocenters. The van der Waals surface area contributed by atoms with Crippen molar-refractivity contribution in [2.45, 2.75) is 13.3 Å². The van der Waals surface area contributed by atoms with E-state index in [0.717, 1.165) is 24.0 Å². The summed E-state index contributed by atoms with van der Waals surface area (Å²) in [5.74, 6) is 0.820. The molecule has 0 fully saturated rings. The van der Waals surface area contributed by atoms with Crippen LogP contribution in [0.5, 0.6) is 5.75 Å². The zero-order chi connectivity index (χ0) is 12.0. The third-order valence-corrected chi connectivity index (χ3v) is 2.81. The van der Waals surface area contributed by atoms with Crippen molar-refractivity contribution in [3.05, 3.63) is 29.8 Å². The monoisotopic (exact) mass is 243 g/mol. The summed E-state index contributed by atoms with van der Waals surface area (Å²) < 4.78 is 29.5. The first-order valence-electron chi connectivity index (χ1n) is 5.18. The highest BCUT2D eigenvalue weighted by atomic mass is 32.2. The average molecular weight is 243 g/mol. The molecule has 0 spiro atoms. The lowest BCUT2D eigenvalue weighted by molar-refractivity contribution is 0.320. The maximum absolute atomic E-state index is 10.8. The van der Waals surface area contributed by atoms with Crippen LogP contribution in [0.15, 0.2) is 24.3 Å². The van der Waals surface area contributed by atoms with Crippen LogP contribution in [0.2, 0.25) is 0 Å². The fraction of sp³-hybridized carbons (Fsp3) is 0.455. The van der Waals surface area contributed by atoms with E-state index in [-0.39, 0.29) is 6.54 Å². The molecule has 0 saturated heterocycles. The van der Waals surface area contributed by atoms with Gasteiger partial charge in [0.05, 0.1) is 6.26 Å². The Morgan fingerprint density at radius 2 is 2.00 bits per heavy atom. The molecule has 0 radical (unpaired) electrons. The third-order valence-electron chi connectivity index (χ3n) is 2.08. The molecule has 0 aliphatic heterocycles. The van der Waals surface area contributed by atoms with Gasteiger partial charge in [-0.1, -0.05) is 25.1 Å². The molecule has 0 saturated carbocycles. The van der Waals surface area contributed by atoms with Crippen molar-refractivity contribution in [2.24, 2.45) is 0 Å². The second-order valence-electron chi connectivity index (χ2n) is 3.48. The predicted octanol–water partition coefficient (Wildman–Crippen LogP) is 1.18. The van der Waals surface area contributed by atoms with Crippen LogP contribution in [0, 0.1) is 0 Å². The topological polar surface area (TPSA) is 55.4 Å². The first-order chi connectivity index (χ1) is 7.53. The molecule has 0 aliphatic carbocycles. The molecule has 1 N–H and O–H groups in total. The van der Waals surface area contributed by atoms with Crippen molar-refractivity contribution in [2.75, 3.05) is 19.4 Å². The zero-order valence-electron chi connectivity index (χ0n) is 9.56. The van der Waals surface area contributed by atoms with Gasteiger partial charge in [-0.2, -0.15) is 0 Å². The van der Waals surface area contributed by atoms with Gasteiger partial charge in [0, 0.05) is 6.54 Å². The van der Waals surface area contributed by atoms with Crippen molar-refractivity contribution in [3.63, 3.8) is 0 Å². The smallest absolute Gasteiger partial charge is 0.208 e.